The van der Waals surface area contributed by atoms with Crippen molar-refractivity contribution >= 4 is 5.97 Å². The van der Waals surface area contributed by atoms with Crippen LogP contribution in [-0.4, -0.2) is 35.6 Å². The predicted molar refractivity (Wildman–Crippen MR) is 146 cm³/mol. The van der Waals surface area contributed by atoms with Gasteiger partial charge in [-0.3, -0.25) is 4.79 Å². The van der Waals surface area contributed by atoms with E-state index in [0.29, 0.717) is 6.42 Å². The summed E-state index contributed by atoms with van der Waals surface area (Å²) >= 11 is 0. The van der Waals surface area contributed by atoms with Gasteiger partial charge in [0.05, 0.1) is 0 Å². The van der Waals surface area contributed by atoms with Gasteiger partial charge in [0.2, 0.25) is 0 Å². The highest BCUT2D eigenvalue weighted by molar-refractivity contribution is 5.66. The maximum absolute atomic E-state index is 10.7. The molecule has 0 rings (SSSR count). The van der Waals surface area contributed by atoms with Crippen LogP contribution in [0.3, 0.4) is 0 Å². The molecule has 0 saturated carbocycles. The number of rotatable bonds is 28. The third-order valence-corrected chi connectivity index (χ3v) is 7.02. The summed E-state index contributed by atoms with van der Waals surface area (Å²) in [5.74, 6) is -0.650. The minimum Gasteiger partial charge on any atom is -0.481 e. The van der Waals surface area contributed by atoms with E-state index < -0.39 is 5.97 Å². The number of unbranched alkanes of at least 4 members (excludes halogenated alkanes) is 20. The molecule has 0 radical (unpaired) electrons. The Kier molecular flexibility index (Phi) is 27.2. The molecule has 0 fully saturated rings. The Bertz CT molecular complexity index is 361. The van der Waals surface area contributed by atoms with Crippen LogP contribution in [0.15, 0.2) is 0 Å². The lowest BCUT2D eigenvalue weighted by Crippen LogP contribution is -2.27. The van der Waals surface area contributed by atoms with Crippen LogP contribution < -0.4 is 0 Å². The molecule has 0 spiro atoms. The molecule has 0 heterocycles. The van der Waals surface area contributed by atoms with Crippen molar-refractivity contribution in [1.82, 2.24) is 4.90 Å². The van der Waals surface area contributed by atoms with Crippen molar-refractivity contribution in [3.8, 4) is 0 Å². The van der Waals surface area contributed by atoms with E-state index in [4.69, 9.17) is 5.11 Å². The summed E-state index contributed by atoms with van der Waals surface area (Å²) in [7, 11) is 0. The molecule has 0 atom stereocenters. The second-order valence-electron chi connectivity index (χ2n) is 10.4. The van der Waals surface area contributed by atoms with Gasteiger partial charge in [-0.15, -0.1) is 0 Å². The molecule has 0 aliphatic heterocycles. The molecule has 0 aromatic carbocycles. The van der Waals surface area contributed by atoms with Crippen LogP contribution in [0.4, 0.5) is 0 Å². The van der Waals surface area contributed by atoms with Gasteiger partial charge in [-0.2, -0.15) is 0 Å². The quantitative estimate of drug-likeness (QED) is 0.116. The maximum Gasteiger partial charge on any atom is 0.303 e. The number of carboxylic acid groups (broad SMARTS) is 1. The van der Waals surface area contributed by atoms with Gasteiger partial charge in [-0.1, -0.05) is 136 Å². The van der Waals surface area contributed by atoms with Gasteiger partial charge in [0, 0.05) is 6.42 Å². The summed E-state index contributed by atoms with van der Waals surface area (Å²) < 4.78 is 0. The van der Waals surface area contributed by atoms with Gasteiger partial charge in [-0.05, 0) is 45.3 Å². The normalized spacial score (nSPS) is 11.5. The summed E-state index contributed by atoms with van der Waals surface area (Å²) in [5.41, 5.74) is 0. The van der Waals surface area contributed by atoms with E-state index in [9.17, 15) is 4.79 Å². The van der Waals surface area contributed by atoms with E-state index in [1.807, 2.05) is 0 Å². The van der Waals surface area contributed by atoms with Crippen molar-refractivity contribution in [1.29, 1.82) is 0 Å². The molecule has 0 aromatic heterocycles. The Morgan fingerprint density at radius 1 is 0.455 bits per heavy atom. The van der Waals surface area contributed by atoms with Gasteiger partial charge >= 0.3 is 5.97 Å². The second-order valence-corrected chi connectivity index (χ2v) is 10.4. The molecule has 3 nitrogen and oxygen atoms in total. The first-order chi connectivity index (χ1) is 16.2. The molecule has 0 aliphatic carbocycles. The molecule has 0 aliphatic rings. The first-order valence-electron chi connectivity index (χ1n) is 15.1. The summed E-state index contributed by atoms with van der Waals surface area (Å²) in [6, 6.07) is 0. The van der Waals surface area contributed by atoms with Crippen LogP contribution in [-0.2, 0) is 4.79 Å². The zero-order chi connectivity index (χ0) is 24.2. The molecular weight excluding hydrogens is 406 g/mol. The van der Waals surface area contributed by atoms with Gasteiger partial charge in [0.1, 0.15) is 0 Å². The second kappa shape index (κ2) is 27.7. The first kappa shape index (κ1) is 32.4. The summed E-state index contributed by atoms with van der Waals surface area (Å²) in [5, 5.41) is 8.83. The van der Waals surface area contributed by atoms with Gasteiger partial charge < -0.3 is 10.0 Å². The molecule has 0 aromatic rings. The van der Waals surface area contributed by atoms with E-state index in [0.717, 1.165) is 25.8 Å². The SMILES string of the molecule is CCCCCCCCCCCCN(CCCCCCCCCCCC)CCCCCC(=O)O. The highest BCUT2D eigenvalue weighted by Crippen LogP contribution is 2.13. The number of hydrogen-bond donors (Lipinski definition) is 1. The van der Waals surface area contributed by atoms with Crippen LogP contribution in [0.25, 0.3) is 0 Å². The highest BCUT2D eigenvalue weighted by Gasteiger charge is 2.06. The Morgan fingerprint density at radius 3 is 1.03 bits per heavy atom. The monoisotopic (exact) mass is 467 g/mol. The molecule has 0 bridgehead atoms. The smallest absolute Gasteiger partial charge is 0.303 e. The minimum absolute atomic E-state index is 0.330. The molecule has 3 heteroatoms. The van der Waals surface area contributed by atoms with E-state index in [2.05, 4.69) is 18.7 Å². The topological polar surface area (TPSA) is 40.5 Å². The van der Waals surface area contributed by atoms with Crippen LogP contribution in [0.1, 0.15) is 168 Å². The summed E-state index contributed by atoms with van der Waals surface area (Å²) in [4.78, 5) is 13.4. The number of hydrogen-bond acceptors (Lipinski definition) is 2. The van der Waals surface area contributed by atoms with Gasteiger partial charge in [0.15, 0.2) is 0 Å². The highest BCUT2D eigenvalue weighted by atomic mass is 16.4. The lowest BCUT2D eigenvalue weighted by atomic mass is 10.1. The lowest BCUT2D eigenvalue weighted by molar-refractivity contribution is -0.137. The molecule has 0 unspecified atom stereocenters. The lowest BCUT2D eigenvalue weighted by Gasteiger charge is -2.22. The van der Waals surface area contributed by atoms with E-state index in [-0.39, 0.29) is 0 Å². The van der Waals surface area contributed by atoms with Crippen molar-refractivity contribution in [2.45, 2.75) is 168 Å². The largest absolute Gasteiger partial charge is 0.481 e. The average molecular weight is 468 g/mol. The maximum atomic E-state index is 10.7. The van der Waals surface area contributed by atoms with Gasteiger partial charge in [0.25, 0.3) is 0 Å². The van der Waals surface area contributed by atoms with Crippen molar-refractivity contribution in [2.24, 2.45) is 0 Å². The molecule has 0 amide bonds. The zero-order valence-corrected chi connectivity index (χ0v) is 22.9. The Labute approximate surface area is 208 Å². The molecule has 33 heavy (non-hydrogen) atoms. The van der Waals surface area contributed by atoms with E-state index >= 15 is 0 Å². The number of carbonyl (C=O) groups is 1. The third-order valence-electron chi connectivity index (χ3n) is 7.02. The molecule has 0 saturated heterocycles. The standard InChI is InChI=1S/C30H61NO2/c1-3-5-7-9-11-13-15-17-19-23-27-31(29-25-21-22-26-30(32)33)28-24-20-18-16-14-12-10-8-6-4-2/h3-29H2,1-2H3,(H,32,33). The van der Waals surface area contributed by atoms with E-state index in [1.165, 1.54) is 142 Å². The van der Waals surface area contributed by atoms with Crippen LogP contribution >= 0.6 is 0 Å². The Balaban J connectivity index is 3.82. The van der Waals surface area contributed by atoms with Gasteiger partial charge in [-0.25, -0.2) is 0 Å². The predicted octanol–water partition coefficient (Wildman–Crippen LogP) is 9.78. The average Bonchev–Trinajstić information content (AvgIpc) is 2.80. The number of nitrogens with zero attached hydrogens (tertiary/aromatic N) is 1. The molecule has 198 valence electrons. The van der Waals surface area contributed by atoms with Crippen molar-refractivity contribution in [2.75, 3.05) is 19.6 Å². The Morgan fingerprint density at radius 2 is 0.727 bits per heavy atom. The van der Waals surface area contributed by atoms with Crippen molar-refractivity contribution in [3.05, 3.63) is 0 Å². The minimum atomic E-state index is -0.650. The fourth-order valence-corrected chi connectivity index (χ4v) is 4.77. The van der Waals surface area contributed by atoms with Crippen molar-refractivity contribution < 1.29 is 9.90 Å². The first-order valence-corrected chi connectivity index (χ1v) is 15.1. The van der Waals surface area contributed by atoms with Crippen molar-refractivity contribution in [3.63, 3.8) is 0 Å². The fraction of sp³-hybridized carbons (Fsp3) is 0.967. The number of aliphatic carboxylic acids is 1. The zero-order valence-electron chi connectivity index (χ0n) is 22.9. The third kappa shape index (κ3) is 27.6. The Hall–Kier alpha value is -0.570. The molecular formula is C30H61NO2. The summed E-state index contributed by atoms with van der Waals surface area (Å²) in [6.45, 7) is 8.22. The van der Waals surface area contributed by atoms with Crippen LogP contribution in [0.2, 0.25) is 0 Å². The van der Waals surface area contributed by atoms with Crippen LogP contribution in [0.5, 0.6) is 0 Å². The molecule has 1 N–H and O–H groups in total. The van der Waals surface area contributed by atoms with E-state index in [1.54, 1.807) is 0 Å². The van der Waals surface area contributed by atoms with Crippen LogP contribution in [0, 0.1) is 0 Å². The number of carboxylic acids is 1. The fourth-order valence-electron chi connectivity index (χ4n) is 4.77. The summed E-state index contributed by atoms with van der Waals surface area (Å²) in [6.07, 6.45) is 31.4.